The summed E-state index contributed by atoms with van der Waals surface area (Å²) in [6, 6.07) is 14.8. The van der Waals surface area contributed by atoms with Crippen LogP contribution in [0.4, 0.5) is 10.1 Å². The number of hydrogen-bond acceptors (Lipinski definition) is 6. The monoisotopic (exact) mass is 566 g/mol. The summed E-state index contributed by atoms with van der Waals surface area (Å²) >= 11 is 0. The zero-order chi connectivity index (χ0) is 28.4. The number of rotatable bonds is 6. The van der Waals surface area contributed by atoms with Crippen LogP contribution >= 0.6 is 0 Å². The molecule has 0 bridgehead atoms. The van der Waals surface area contributed by atoms with Gasteiger partial charge in [-0.15, -0.1) is 0 Å². The van der Waals surface area contributed by atoms with E-state index in [2.05, 4.69) is 48.2 Å². The molecule has 10 heteroatoms. The van der Waals surface area contributed by atoms with Crippen molar-refractivity contribution in [3.8, 4) is 0 Å². The fourth-order valence-corrected chi connectivity index (χ4v) is 7.37. The van der Waals surface area contributed by atoms with Crippen LogP contribution in [0, 0.1) is 25.6 Å². The van der Waals surface area contributed by atoms with Gasteiger partial charge in [-0.25, -0.2) is 12.8 Å². The molecule has 0 spiro atoms. The summed E-state index contributed by atoms with van der Waals surface area (Å²) in [5, 5.41) is 3.87. The van der Waals surface area contributed by atoms with E-state index < -0.39 is 15.8 Å². The van der Waals surface area contributed by atoms with Crippen molar-refractivity contribution in [2.24, 2.45) is 5.92 Å². The first-order valence-corrected chi connectivity index (χ1v) is 15.1. The van der Waals surface area contributed by atoms with Crippen LogP contribution in [0.3, 0.4) is 0 Å². The molecule has 3 heterocycles. The normalized spacial score (nSPS) is 19.4. The van der Waals surface area contributed by atoms with Gasteiger partial charge in [0.2, 0.25) is 15.9 Å². The third-order valence-electron chi connectivity index (χ3n) is 7.83. The SMILES string of the molecule is Cc1cccc(N2CCN(C(=O)C3CCN(S(=O)(=O)c4c(C)noc4/C=C/c4ccccc4F)CC3)C[C@@H]2C)c1. The molecule has 2 aromatic carbocycles. The van der Waals surface area contributed by atoms with E-state index >= 15 is 0 Å². The lowest BCUT2D eigenvalue weighted by Crippen LogP contribution is -2.55. The van der Waals surface area contributed by atoms with Gasteiger partial charge in [-0.05, 0) is 69.5 Å². The maximum atomic E-state index is 14.0. The Balaban J connectivity index is 1.22. The molecule has 1 amide bonds. The molecular weight excluding hydrogens is 531 g/mol. The number of aryl methyl sites for hydroxylation is 2. The van der Waals surface area contributed by atoms with E-state index in [0.717, 1.165) is 6.54 Å². The van der Waals surface area contributed by atoms with Crippen molar-refractivity contribution in [3.05, 3.63) is 76.9 Å². The van der Waals surface area contributed by atoms with E-state index in [1.807, 2.05) is 4.90 Å². The Labute approximate surface area is 235 Å². The summed E-state index contributed by atoms with van der Waals surface area (Å²) in [7, 11) is -3.92. The largest absolute Gasteiger partial charge is 0.365 e. The zero-order valence-corrected chi connectivity index (χ0v) is 23.9. The Kier molecular flexibility index (Phi) is 8.09. The van der Waals surface area contributed by atoms with Crippen LogP contribution < -0.4 is 4.90 Å². The number of anilines is 1. The van der Waals surface area contributed by atoms with Crippen LogP contribution in [0.2, 0.25) is 0 Å². The maximum Gasteiger partial charge on any atom is 0.248 e. The average Bonchev–Trinajstić information content (AvgIpc) is 3.33. The number of benzene rings is 2. The predicted octanol–water partition coefficient (Wildman–Crippen LogP) is 4.74. The van der Waals surface area contributed by atoms with Crippen LogP contribution in [-0.4, -0.2) is 67.5 Å². The van der Waals surface area contributed by atoms with Gasteiger partial charge in [-0.2, -0.15) is 4.31 Å². The first kappa shape index (κ1) is 28.0. The van der Waals surface area contributed by atoms with E-state index in [-0.39, 0.29) is 47.3 Å². The second-order valence-electron chi connectivity index (χ2n) is 10.7. The van der Waals surface area contributed by atoms with Crippen molar-refractivity contribution >= 4 is 33.8 Å². The Bertz CT molecular complexity index is 1510. The van der Waals surface area contributed by atoms with Crippen molar-refractivity contribution in [1.82, 2.24) is 14.4 Å². The van der Waals surface area contributed by atoms with Crippen LogP contribution in [0.5, 0.6) is 0 Å². The van der Waals surface area contributed by atoms with E-state index in [1.165, 1.54) is 33.8 Å². The molecule has 2 saturated heterocycles. The molecule has 40 heavy (non-hydrogen) atoms. The molecule has 3 aromatic rings. The summed E-state index contributed by atoms with van der Waals surface area (Å²) in [4.78, 5) is 17.7. The van der Waals surface area contributed by atoms with E-state index in [9.17, 15) is 17.6 Å². The molecule has 1 aromatic heterocycles. The second kappa shape index (κ2) is 11.5. The number of carbonyl (C=O) groups excluding carboxylic acids is 1. The molecule has 0 aliphatic carbocycles. The summed E-state index contributed by atoms with van der Waals surface area (Å²) < 4.78 is 47.9. The number of piperidine rings is 1. The number of piperazine rings is 1. The van der Waals surface area contributed by atoms with E-state index in [0.29, 0.717) is 31.5 Å². The van der Waals surface area contributed by atoms with Gasteiger partial charge >= 0.3 is 0 Å². The molecule has 1 atom stereocenters. The summed E-state index contributed by atoms with van der Waals surface area (Å²) in [6.45, 7) is 8.31. The summed E-state index contributed by atoms with van der Waals surface area (Å²) in [6.07, 6.45) is 3.81. The first-order chi connectivity index (χ1) is 19.1. The predicted molar refractivity (Wildman–Crippen MR) is 153 cm³/mol. The van der Waals surface area contributed by atoms with Crippen molar-refractivity contribution in [2.45, 2.75) is 44.6 Å². The Morgan fingerprint density at radius 1 is 1.02 bits per heavy atom. The van der Waals surface area contributed by atoms with Gasteiger partial charge in [0.05, 0.1) is 0 Å². The van der Waals surface area contributed by atoms with E-state index in [4.69, 9.17) is 4.52 Å². The number of aromatic nitrogens is 1. The quantitative estimate of drug-likeness (QED) is 0.429. The van der Waals surface area contributed by atoms with Gasteiger partial charge in [0.15, 0.2) is 10.7 Å². The molecule has 5 rings (SSSR count). The van der Waals surface area contributed by atoms with Crippen LogP contribution in [0.25, 0.3) is 12.2 Å². The number of amides is 1. The molecule has 0 N–H and O–H groups in total. The fraction of sp³-hybridized carbons (Fsp3) is 0.400. The Morgan fingerprint density at radius 3 is 2.48 bits per heavy atom. The Morgan fingerprint density at radius 2 is 1.77 bits per heavy atom. The summed E-state index contributed by atoms with van der Waals surface area (Å²) in [5.74, 6) is -0.479. The maximum absolute atomic E-state index is 14.0. The van der Waals surface area contributed by atoms with Gasteiger partial charge in [-0.3, -0.25) is 4.79 Å². The minimum atomic E-state index is -3.92. The van der Waals surface area contributed by atoms with Crippen molar-refractivity contribution < 1.29 is 22.1 Å². The molecule has 0 saturated carbocycles. The van der Waals surface area contributed by atoms with E-state index in [1.54, 1.807) is 25.1 Å². The van der Waals surface area contributed by atoms with Gasteiger partial charge in [0.25, 0.3) is 0 Å². The number of carbonyl (C=O) groups is 1. The number of hydrogen-bond donors (Lipinski definition) is 0. The van der Waals surface area contributed by atoms with Gasteiger partial charge in [0, 0.05) is 55.9 Å². The number of halogens is 1. The standard InChI is InChI=1S/C30H35FN4O4S/c1-21-7-6-9-26(19-21)35-18-17-33(20-22(35)2)30(36)25-13-15-34(16-14-25)40(37,38)29-23(3)32-39-28(29)12-11-24-8-4-5-10-27(24)31/h4-12,19,22,25H,13-18,20H2,1-3H3/b12-11+/t22-/m0/s1. The average molecular weight is 567 g/mol. The molecule has 2 fully saturated rings. The Hall–Kier alpha value is -3.50. The summed E-state index contributed by atoms with van der Waals surface area (Å²) in [5.41, 5.74) is 2.94. The highest BCUT2D eigenvalue weighted by Gasteiger charge is 2.38. The molecular formula is C30H35FN4O4S. The van der Waals surface area contributed by atoms with Gasteiger partial charge in [-0.1, -0.05) is 35.5 Å². The highest BCUT2D eigenvalue weighted by atomic mass is 32.2. The molecule has 2 aliphatic rings. The minimum absolute atomic E-state index is 0.0223. The lowest BCUT2D eigenvalue weighted by Gasteiger charge is -2.43. The van der Waals surface area contributed by atoms with Crippen molar-refractivity contribution in [2.75, 3.05) is 37.6 Å². The molecule has 0 radical (unpaired) electrons. The topological polar surface area (TPSA) is 87.0 Å². The third kappa shape index (κ3) is 5.69. The third-order valence-corrected chi connectivity index (χ3v) is 9.88. The lowest BCUT2D eigenvalue weighted by molar-refractivity contribution is -0.137. The van der Waals surface area contributed by atoms with Crippen molar-refractivity contribution in [1.29, 1.82) is 0 Å². The van der Waals surface area contributed by atoms with Crippen LogP contribution in [0.1, 0.15) is 42.3 Å². The molecule has 2 aliphatic heterocycles. The lowest BCUT2D eigenvalue weighted by atomic mass is 9.95. The first-order valence-electron chi connectivity index (χ1n) is 13.7. The smallest absolute Gasteiger partial charge is 0.248 e. The zero-order valence-electron chi connectivity index (χ0n) is 23.1. The highest BCUT2D eigenvalue weighted by Crippen LogP contribution is 2.31. The van der Waals surface area contributed by atoms with Gasteiger partial charge < -0.3 is 14.3 Å². The van der Waals surface area contributed by atoms with Crippen LogP contribution in [-0.2, 0) is 14.8 Å². The fourth-order valence-electron chi connectivity index (χ4n) is 5.65. The number of sulfonamides is 1. The van der Waals surface area contributed by atoms with Crippen LogP contribution in [0.15, 0.2) is 57.9 Å². The molecule has 212 valence electrons. The van der Waals surface area contributed by atoms with Crippen molar-refractivity contribution in [3.63, 3.8) is 0 Å². The molecule has 8 nitrogen and oxygen atoms in total. The number of nitrogens with zero attached hydrogens (tertiary/aromatic N) is 4. The molecule has 0 unspecified atom stereocenters. The highest BCUT2D eigenvalue weighted by molar-refractivity contribution is 7.89. The van der Waals surface area contributed by atoms with Gasteiger partial charge in [0.1, 0.15) is 11.5 Å². The minimum Gasteiger partial charge on any atom is -0.365 e. The second-order valence-corrected chi connectivity index (χ2v) is 12.5.